The second kappa shape index (κ2) is 6.68. The fourth-order valence-corrected chi connectivity index (χ4v) is 1.68. The van der Waals surface area contributed by atoms with Gasteiger partial charge in [-0.1, -0.05) is 41.9 Å². The third-order valence-electron chi connectivity index (χ3n) is 2.44. The first-order valence-corrected chi connectivity index (χ1v) is 6.16. The van der Waals surface area contributed by atoms with E-state index < -0.39 is 6.09 Å². The summed E-state index contributed by atoms with van der Waals surface area (Å²) in [6, 6.07) is 12.2. The van der Waals surface area contributed by atoms with Gasteiger partial charge in [0.05, 0.1) is 5.69 Å². The summed E-state index contributed by atoms with van der Waals surface area (Å²) in [6.45, 7) is 0.157. The lowest BCUT2D eigenvalue weighted by Gasteiger charge is -2.08. The molecule has 0 aliphatic rings. The molecular formula is C14H11ClN2O3. The summed E-state index contributed by atoms with van der Waals surface area (Å²) < 4.78 is 5.04. The Hall–Kier alpha value is -2.40. The molecule has 5 nitrogen and oxygen atoms in total. The maximum Gasteiger partial charge on any atom is 0.412 e. The SMILES string of the molecule is O=Cc1ccc(NC(=O)OCc2ccccc2)c(Cl)n1. The number of anilines is 1. The zero-order valence-corrected chi connectivity index (χ0v) is 11.1. The molecule has 1 aromatic heterocycles. The molecule has 0 spiro atoms. The number of nitrogens with zero attached hydrogens (tertiary/aromatic N) is 1. The van der Waals surface area contributed by atoms with Crippen molar-refractivity contribution < 1.29 is 14.3 Å². The lowest BCUT2D eigenvalue weighted by molar-refractivity contribution is 0.111. The van der Waals surface area contributed by atoms with Gasteiger partial charge in [-0.25, -0.2) is 9.78 Å². The Bertz CT molecular complexity index is 617. The highest BCUT2D eigenvalue weighted by Gasteiger charge is 2.08. The van der Waals surface area contributed by atoms with Crippen LogP contribution in [0.4, 0.5) is 10.5 Å². The van der Waals surface area contributed by atoms with Gasteiger partial charge < -0.3 is 4.74 Å². The third kappa shape index (κ3) is 3.80. The first-order chi connectivity index (χ1) is 9.69. The molecule has 0 radical (unpaired) electrons. The van der Waals surface area contributed by atoms with Crippen molar-refractivity contribution >= 4 is 29.7 Å². The maximum absolute atomic E-state index is 11.6. The molecule has 1 heterocycles. The minimum atomic E-state index is -0.642. The molecule has 0 saturated carbocycles. The van der Waals surface area contributed by atoms with Gasteiger partial charge >= 0.3 is 6.09 Å². The highest BCUT2D eigenvalue weighted by Crippen LogP contribution is 2.19. The molecule has 2 rings (SSSR count). The van der Waals surface area contributed by atoms with Gasteiger partial charge in [0, 0.05) is 0 Å². The van der Waals surface area contributed by atoms with Crippen molar-refractivity contribution in [1.29, 1.82) is 0 Å². The Labute approximate surface area is 120 Å². The van der Waals surface area contributed by atoms with Gasteiger partial charge in [0.2, 0.25) is 0 Å². The minimum absolute atomic E-state index is 0.0336. The molecule has 0 unspecified atom stereocenters. The largest absolute Gasteiger partial charge is 0.444 e. The van der Waals surface area contributed by atoms with E-state index in [4.69, 9.17) is 16.3 Å². The van der Waals surface area contributed by atoms with Crippen LogP contribution in [0, 0.1) is 0 Å². The second-order valence-electron chi connectivity index (χ2n) is 3.88. The van der Waals surface area contributed by atoms with Crippen molar-refractivity contribution in [2.24, 2.45) is 0 Å². The molecule has 0 saturated heterocycles. The van der Waals surface area contributed by atoms with Gasteiger partial charge in [0.25, 0.3) is 0 Å². The van der Waals surface area contributed by atoms with E-state index in [1.54, 1.807) is 0 Å². The smallest absolute Gasteiger partial charge is 0.412 e. The zero-order valence-electron chi connectivity index (χ0n) is 10.4. The molecule has 2 aromatic rings. The maximum atomic E-state index is 11.6. The summed E-state index contributed by atoms with van der Waals surface area (Å²) in [5.41, 5.74) is 1.36. The lowest BCUT2D eigenvalue weighted by atomic mass is 10.2. The first kappa shape index (κ1) is 14.0. The number of hydrogen-bond donors (Lipinski definition) is 1. The summed E-state index contributed by atoms with van der Waals surface area (Å²) in [6.07, 6.45) is -0.0694. The lowest BCUT2D eigenvalue weighted by Crippen LogP contribution is -2.14. The Morgan fingerprint density at radius 3 is 2.65 bits per heavy atom. The predicted molar refractivity (Wildman–Crippen MR) is 74.9 cm³/mol. The number of hydrogen-bond acceptors (Lipinski definition) is 4. The Morgan fingerprint density at radius 1 is 1.25 bits per heavy atom. The van der Waals surface area contributed by atoms with Crippen molar-refractivity contribution in [3.8, 4) is 0 Å². The fourth-order valence-electron chi connectivity index (χ4n) is 1.48. The van der Waals surface area contributed by atoms with Crippen LogP contribution in [0.3, 0.4) is 0 Å². The van der Waals surface area contributed by atoms with Crippen LogP contribution >= 0.6 is 11.6 Å². The van der Waals surface area contributed by atoms with E-state index in [0.717, 1.165) is 5.56 Å². The summed E-state index contributed by atoms with van der Waals surface area (Å²) in [5.74, 6) is 0. The number of benzene rings is 1. The van der Waals surface area contributed by atoms with Gasteiger partial charge in [-0.2, -0.15) is 0 Å². The molecule has 6 heteroatoms. The number of ether oxygens (including phenoxy) is 1. The van der Waals surface area contributed by atoms with Crippen molar-refractivity contribution in [2.75, 3.05) is 5.32 Å². The highest BCUT2D eigenvalue weighted by atomic mass is 35.5. The Balaban J connectivity index is 1.93. The topological polar surface area (TPSA) is 68.3 Å². The standard InChI is InChI=1S/C14H11ClN2O3/c15-13-12(7-6-11(8-18)16-13)17-14(19)20-9-10-4-2-1-3-5-10/h1-8H,9H2,(H,17,19). The number of pyridine rings is 1. The van der Waals surface area contributed by atoms with Crippen molar-refractivity contribution in [2.45, 2.75) is 6.61 Å². The number of rotatable bonds is 4. The van der Waals surface area contributed by atoms with E-state index in [1.165, 1.54) is 12.1 Å². The number of halogens is 1. The average Bonchev–Trinajstić information content (AvgIpc) is 2.48. The molecule has 102 valence electrons. The Kier molecular flexibility index (Phi) is 4.68. The fraction of sp³-hybridized carbons (Fsp3) is 0.0714. The molecule has 0 fully saturated rings. The summed E-state index contributed by atoms with van der Waals surface area (Å²) >= 11 is 5.83. The molecule has 0 aliphatic heterocycles. The van der Waals surface area contributed by atoms with Crippen LogP contribution in [-0.4, -0.2) is 17.4 Å². The van der Waals surface area contributed by atoms with E-state index in [0.29, 0.717) is 6.29 Å². The van der Waals surface area contributed by atoms with E-state index in [1.807, 2.05) is 30.3 Å². The summed E-state index contributed by atoms with van der Waals surface area (Å²) in [5, 5.41) is 2.49. The molecule has 1 amide bonds. The number of amides is 1. The highest BCUT2D eigenvalue weighted by molar-refractivity contribution is 6.32. The van der Waals surface area contributed by atoms with Crippen LogP contribution in [0.5, 0.6) is 0 Å². The van der Waals surface area contributed by atoms with Crippen molar-refractivity contribution in [3.63, 3.8) is 0 Å². The number of aldehydes is 1. The molecule has 1 aromatic carbocycles. The van der Waals surface area contributed by atoms with Gasteiger partial charge in [-0.15, -0.1) is 0 Å². The second-order valence-corrected chi connectivity index (χ2v) is 4.24. The molecule has 0 bridgehead atoms. The normalized spacial score (nSPS) is 9.85. The minimum Gasteiger partial charge on any atom is -0.444 e. The van der Waals surface area contributed by atoms with Crippen LogP contribution in [0.2, 0.25) is 5.15 Å². The van der Waals surface area contributed by atoms with Gasteiger partial charge in [-0.05, 0) is 17.7 Å². The monoisotopic (exact) mass is 290 g/mol. The Morgan fingerprint density at radius 2 is 2.00 bits per heavy atom. The molecule has 0 aliphatic carbocycles. The van der Waals surface area contributed by atoms with Crippen LogP contribution in [-0.2, 0) is 11.3 Å². The average molecular weight is 291 g/mol. The van der Waals surface area contributed by atoms with Gasteiger partial charge in [-0.3, -0.25) is 10.1 Å². The molecule has 0 atom stereocenters. The van der Waals surface area contributed by atoms with Crippen LogP contribution in [0.1, 0.15) is 16.1 Å². The number of nitrogens with one attached hydrogen (secondary N) is 1. The van der Waals surface area contributed by atoms with Crippen LogP contribution in [0.15, 0.2) is 42.5 Å². The van der Waals surface area contributed by atoms with E-state index in [-0.39, 0.29) is 23.1 Å². The quantitative estimate of drug-likeness (QED) is 0.693. The van der Waals surface area contributed by atoms with Crippen LogP contribution in [0.25, 0.3) is 0 Å². The summed E-state index contributed by atoms with van der Waals surface area (Å²) in [4.78, 5) is 25.9. The van der Waals surface area contributed by atoms with E-state index in [2.05, 4.69) is 10.3 Å². The summed E-state index contributed by atoms with van der Waals surface area (Å²) in [7, 11) is 0. The predicted octanol–water partition coefficient (Wildman–Crippen LogP) is 3.30. The zero-order chi connectivity index (χ0) is 14.4. The van der Waals surface area contributed by atoms with Crippen molar-refractivity contribution in [1.82, 2.24) is 4.98 Å². The number of aromatic nitrogens is 1. The number of carbonyl (C=O) groups is 2. The molecule has 20 heavy (non-hydrogen) atoms. The van der Waals surface area contributed by atoms with E-state index in [9.17, 15) is 9.59 Å². The van der Waals surface area contributed by atoms with Crippen LogP contribution < -0.4 is 5.32 Å². The van der Waals surface area contributed by atoms with Gasteiger partial charge in [0.1, 0.15) is 12.3 Å². The molecule has 1 N–H and O–H groups in total. The molecular weight excluding hydrogens is 280 g/mol. The third-order valence-corrected chi connectivity index (χ3v) is 2.73. The van der Waals surface area contributed by atoms with Crippen molar-refractivity contribution in [3.05, 3.63) is 58.9 Å². The first-order valence-electron chi connectivity index (χ1n) is 5.78. The van der Waals surface area contributed by atoms with Gasteiger partial charge in [0.15, 0.2) is 11.4 Å². The number of carbonyl (C=O) groups excluding carboxylic acids is 2. The van der Waals surface area contributed by atoms with E-state index >= 15 is 0 Å².